The van der Waals surface area contributed by atoms with Crippen LogP contribution in [0.2, 0.25) is 10.2 Å². The molecule has 0 saturated heterocycles. The number of aromatic nitrogens is 4. The first kappa shape index (κ1) is 14.4. The number of nitrogens with zero attached hydrogens (tertiary/aromatic N) is 3. The third-order valence-corrected chi connectivity index (χ3v) is 4.00. The van der Waals surface area contributed by atoms with Crippen molar-refractivity contribution in [3.63, 3.8) is 0 Å². The molecule has 0 aliphatic carbocycles. The Morgan fingerprint density at radius 2 is 2.21 bits per heavy atom. The van der Waals surface area contributed by atoms with Crippen LogP contribution in [0.3, 0.4) is 0 Å². The van der Waals surface area contributed by atoms with E-state index in [4.69, 9.17) is 23.2 Å². The summed E-state index contributed by atoms with van der Waals surface area (Å²) in [5.41, 5.74) is 0.639. The zero-order chi connectivity index (χ0) is 14.0. The van der Waals surface area contributed by atoms with Crippen LogP contribution in [-0.4, -0.2) is 19.7 Å². The summed E-state index contributed by atoms with van der Waals surface area (Å²) in [4.78, 5) is 15.6. The van der Waals surface area contributed by atoms with Crippen molar-refractivity contribution in [2.45, 2.75) is 30.8 Å². The molecule has 0 aliphatic rings. The van der Waals surface area contributed by atoms with Gasteiger partial charge in [0.25, 0.3) is 0 Å². The molecule has 0 fully saturated rings. The first-order valence-electron chi connectivity index (χ1n) is 5.58. The van der Waals surface area contributed by atoms with Crippen LogP contribution in [-0.2, 0) is 5.75 Å². The Bertz CT molecular complexity index is 638. The monoisotopic (exact) mass is 318 g/mol. The van der Waals surface area contributed by atoms with Crippen LogP contribution in [0.4, 0.5) is 0 Å². The second-order valence-electron chi connectivity index (χ2n) is 4.16. The summed E-state index contributed by atoms with van der Waals surface area (Å²) >= 11 is 13.2. The Labute approximate surface area is 124 Å². The fraction of sp³-hybridized carbons (Fsp3) is 0.364. The number of hydrogen-bond acceptors (Lipinski definition) is 4. The van der Waals surface area contributed by atoms with E-state index in [2.05, 4.69) is 15.2 Å². The fourth-order valence-corrected chi connectivity index (χ4v) is 3.10. The van der Waals surface area contributed by atoms with Crippen LogP contribution in [0.15, 0.2) is 22.2 Å². The van der Waals surface area contributed by atoms with Crippen molar-refractivity contribution >= 4 is 35.0 Å². The molecule has 2 rings (SSSR count). The number of pyridine rings is 1. The molecule has 0 amide bonds. The summed E-state index contributed by atoms with van der Waals surface area (Å²) in [6, 6.07) is 1.64. The van der Waals surface area contributed by atoms with Crippen LogP contribution in [0.25, 0.3) is 0 Å². The van der Waals surface area contributed by atoms with Gasteiger partial charge in [0, 0.05) is 23.0 Å². The third-order valence-electron chi connectivity index (χ3n) is 2.44. The minimum absolute atomic E-state index is 0.0487. The van der Waals surface area contributed by atoms with E-state index < -0.39 is 0 Å². The maximum Gasteiger partial charge on any atom is 0.344 e. The van der Waals surface area contributed by atoms with Gasteiger partial charge in [-0.3, -0.25) is 4.57 Å². The lowest BCUT2D eigenvalue weighted by atomic mass is 10.3. The lowest BCUT2D eigenvalue weighted by Gasteiger charge is -2.08. The zero-order valence-corrected chi connectivity index (χ0v) is 12.7. The molecule has 19 heavy (non-hydrogen) atoms. The summed E-state index contributed by atoms with van der Waals surface area (Å²) in [5.74, 6) is 0.569. The lowest BCUT2D eigenvalue weighted by molar-refractivity contribution is 0.534. The summed E-state index contributed by atoms with van der Waals surface area (Å²) in [6.07, 6.45) is 1.63. The second-order valence-corrected chi connectivity index (χ2v) is 5.90. The maximum absolute atomic E-state index is 11.6. The molecule has 2 aromatic rings. The second kappa shape index (κ2) is 5.98. The van der Waals surface area contributed by atoms with Crippen LogP contribution < -0.4 is 5.69 Å². The van der Waals surface area contributed by atoms with Gasteiger partial charge in [0.05, 0.1) is 0 Å². The van der Waals surface area contributed by atoms with E-state index in [1.54, 1.807) is 16.8 Å². The SMILES string of the molecule is CC(C)n1c(SCc2cnc(Cl)cc2Cl)n[nH]c1=O. The molecular weight excluding hydrogens is 307 g/mol. The number of H-pyrrole nitrogens is 1. The minimum atomic E-state index is -0.210. The number of halogens is 2. The van der Waals surface area contributed by atoms with Gasteiger partial charge in [-0.05, 0) is 25.5 Å². The highest BCUT2D eigenvalue weighted by Gasteiger charge is 2.12. The zero-order valence-electron chi connectivity index (χ0n) is 10.4. The molecule has 0 spiro atoms. The van der Waals surface area contributed by atoms with E-state index in [1.165, 1.54) is 11.8 Å². The van der Waals surface area contributed by atoms with Crippen molar-refractivity contribution in [2.24, 2.45) is 0 Å². The molecule has 0 saturated carbocycles. The summed E-state index contributed by atoms with van der Waals surface area (Å²) in [6.45, 7) is 3.86. The van der Waals surface area contributed by atoms with Gasteiger partial charge >= 0.3 is 5.69 Å². The first-order valence-corrected chi connectivity index (χ1v) is 7.33. The number of aromatic amines is 1. The predicted molar refractivity (Wildman–Crippen MR) is 77.1 cm³/mol. The highest BCUT2D eigenvalue weighted by molar-refractivity contribution is 7.98. The summed E-state index contributed by atoms with van der Waals surface area (Å²) < 4.78 is 1.60. The molecule has 0 radical (unpaired) electrons. The van der Waals surface area contributed by atoms with Crippen molar-refractivity contribution in [3.8, 4) is 0 Å². The standard InChI is InChI=1S/C11H12Cl2N4OS/c1-6(2)17-10(18)15-16-11(17)19-5-7-4-14-9(13)3-8(7)12/h3-4,6H,5H2,1-2H3,(H,15,18). The van der Waals surface area contributed by atoms with Crippen molar-refractivity contribution in [1.29, 1.82) is 0 Å². The Morgan fingerprint density at radius 1 is 1.47 bits per heavy atom. The topological polar surface area (TPSA) is 63.6 Å². The van der Waals surface area contributed by atoms with E-state index in [1.807, 2.05) is 13.8 Å². The van der Waals surface area contributed by atoms with Gasteiger partial charge in [-0.15, -0.1) is 5.10 Å². The van der Waals surface area contributed by atoms with E-state index in [0.29, 0.717) is 21.1 Å². The lowest BCUT2D eigenvalue weighted by Crippen LogP contribution is -2.19. The molecule has 2 heterocycles. The molecule has 1 N–H and O–H groups in total. The van der Waals surface area contributed by atoms with Crippen LogP contribution in [0, 0.1) is 0 Å². The van der Waals surface area contributed by atoms with Gasteiger partial charge in [0.1, 0.15) is 5.15 Å². The molecule has 0 aliphatic heterocycles. The van der Waals surface area contributed by atoms with Crippen molar-refractivity contribution in [3.05, 3.63) is 38.5 Å². The molecule has 2 aromatic heterocycles. The molecule has 0 atom stereocenters. The first-order chi connectivity index (χ1) is 8.99. The number of rotatable bonds is 4. The highest BCUT2D eigenvalue weighted by atomic mass is 35.5. The Balaban J connectivity index is 2.17. The van der Waals surface area contributed by atoms with Crippen LogP contribution in [0.5, 0.6) is 0 Å². The minimum Gasteiger partial charge on any atom is -0.268 e. The predicted octanol–water partition coefficient (Wildman–Crippen LogP) is 3.15. The molecule has 102 valence electrons. The Kier molecular flexibility index (Phi) is 4.54. The van der Waals surface area contributed by atoms with Crippen molar-refractivity contribution in [1.82, 2.24) is 19.7 Å². The quantitative estimate of drug-likeness (QED) is 0.694. The maximum atomic E-state index is 11.6. The fourth-order valence-electron chi connectivity index (χ4n) is 1.53. The van der Waals surface area contributed by atoms with Crippen molar-refractivity contribution < 1.29 is 0 Å². The van der Waals surface area contributed by atoms with Gasteiger partial charge in [0.2, 0.25) is 0 Å². The van der Waals surface area contributed by atoms with Gasteiger partial charge < -0.3 is 0 Å². The Morgan fingerprint density at radius 3 is 2.84 bits per heavy atom. The average molecular weight is 319 g/mol. The van der Waals surface area contributed by atoms with E-state index >= 15 is 0 Å². The van der Waals surface area contributed by atoms with Crippen molar-refractivity contribution in [2.75, 3.05) is 0 Å². The molecule has 0 aromatic carbocycles. The van der Waals surface area contributed by atoms with Gasteiger partial charge in [-0.25, -0.2) is 14.9 Å². The molecule has 5 nitrogen and oxygen atoms in total. The van der Waals surface area contributed by atoms with E-state index in [-0.39, 0.29) is 11.7 Å². The summed E-state index contributed by atoms with van der Waals surface area (Å²) in [7, 11) is 0. The largest absolute Gasteiger partial charge is 0.344 e. The summed E-state index contributed by atoms with van der Waals surface area (Å²) in [5, 5.41) is 7.99. The average Bonchev–Trinajstić information content (AvgIpc) is 2.69. The number of nitrogens with one attached hydrogen (secondary N) is 1. The normalized spacial score (nSPS) is 11.2. The van der Waals surface area contributed by atoms with Gasteiger partial charge in [-0.1, -0.05) is 35.0 Å². The highest BCUT2D eigenvalue weighted by Crippen LogP contribution is 2.26. The molecule has 0 unspecified atom stereocenters. The smallest absolute Gasteiger partial charge is 0.268 e. The van der Waals surface area contributed by atoms with E-state index in [0.717, 1.165) is 5.56 Å². The molecular formula is C11H12Cl2N4OS. The van der Waals surface area contributed by atoms with E-state index in [9.17, 15) is 4.79 Å². The number of thioether (sulfide) groups is 1. The third kappa shape index (κ3) is 3.32. The van der Waals surface area contributed by atoms with Gasteiger partial charge in [-0.2, -0.15) is 0 Å². The molecule has 0 bridgehead atoms. The van der Waals surface area contributed by atoms with Crippen LogP contribution in [0.1, 0.15) is 25.5 Å². The Hall–Kier alpha value is -0.980. The molecule has 8 heteroatoms. The van der Waals surface area contributed by atoms with Crippen LogP contribution >= 0.6 is 35.0 Å². The van der Waals surface area contributed by atoms with Gasteiger partial charge in [0.15, 0.2) is 5.16 Å². The number of hydrogen-bond donors (Lipinski definition) is 1.